The molecule has 0 unspecified atom stereocenters. The van der Waals surface area contributed by atoms with Crippen molar-refractivity contribution < 1.29 is 9.53 Å². The summed E-state index contributed by atoms with van der Waals surface area (Å²) in [4.78, 5) is 11.8. The first-order valence-corrected chi connectivity index (χ1v) is 6.84. The summed E-state index contributed by atoms with van der Waals surface area (Å²) >= 11 is 2.37. The predicted molar refractivity (Wildman–Crippen MR) is 70.1 cm³/mol. The van der Waals surface area contributed by atoms with Gasteiger partial charge in [0.2, 0.25) is 0 Å². The number of alkyl halides is 1. The van der Waals surface area contributed by atoms with Gasteiger partial charge in [-0.15, -0.1) is 0 Å². The van der Waals surface area contributed by atoms with Gasteiger partial charge in [0.15, 0.2) is 5.78 Å². The van der Waals surface area contributed by atoms with Crippen molar-refractivity contribution in [3.8, 4) is 0 Å². The Morgan fingerprint density at radius 1 is 1.53 bits per heavy atom. The molecule has 0 aliphatic carbocycles. The van der Waals surface area contributed by atoms with Gasteiger partial charge in [-0.25, -0.2) is 0 Å². The fraction of sp³-hybridized carbons (Fsp3) is 0.750. The highest BCUT2D eigenvalue weighted by Crippen LogP contribution is 2.37. The van der Waals surface area contributed by atoms with E-state index >= 15 is 0 Å². The van der Waals surface area contributed by atoms with Gasteiger partial charge in [-0.2, -0.15) is 0 Å². The van der Waals surface area contributed by atoms with E-state index in [-0.39, 0.29) is 17.8 Å². The zero-order chi connectivity index (χ0) is 11.6. The molecule has 0 aromatic heterocycles. The summed E-state index contributed by atoms with van der Waals surface area (Å²) in [7, 11) is 0. The first-order valence-electron chi connectivity index (χ1n) is 5.59. The molecule has 1 rings (SSSR count). The lowest BCUT2D eigenvalue weighted by Crippen LogP contribution is -2.25. The molecule has 2 nitrogen and oxygen atoms in total. The van der Waals surface area contributed by atoms with Crippen molar-refractivity contribution in [3.05, 3.63) is 11.3 Å². The van der Waals surface area contributed by atoms with Gasteiger partial charge >= 0.3 is 0 Å². The fourth-order valence-electron chi connectivity index (χ4n) is 2.11. The molecule has 3 atom stereocenters. The van der Waals surface area contributed by atoms with Crippen LogP contribution in [0, 0.1) is 5.92 Å². The zero-order valence-corrected chi connectivity index (χ0v) is 12.0. The van der Waals surface area contributed by atoms with Gasteiger partial charge in [0, 0.05) is 28.3 Å². The van der Waals surface area contributed by atoms with Crippen LogP contribution in [0.4, 0.5) is 0 Å². The Morgan fingerprint density at radius 2 is 2.13 bits per heavy atom. The van der Waals surface area contributed by atoms with Crippen molar-refractivity contribution in [1.29, 1.82) is 0 Å². The van der Waals surface area contributed by atoms with E-state index in [1.54, 1.807) is 0 Å². The SMILES string of the molecule is CCC(=O)C1=C(CC)O[C@H]([C@@H](C)I)[C@@H]1C. The molecule has 0 saturated carbocycles. The first kappa shape index (κ1) is 13.0. The molecule has 0 radical (unpaired) electrons. The van der Waals surface area contributed by atoms with E-state index in [0.717, 1.165) is 17.8 Å². The lowest BCUT2D eigenvalue weighted by molar-refractivity contribution is -0.115. The fourth-order valence-corrected chi connectivity index (χ4v) is 2.88. The van der Waals surface area contributed by atoms with Crippen molar-refractivity contribution in [3.63, 3.8) is 0 Å². The molecule has 15 heavy (non-hydrogen) atoms. The van der Waals surface area contributed by atoms with Crippen LogP contribution >= 0.6 is 22.6 Å². The van der Waals surface area contributed by atoms with Crippen LogP contribution in [0.1, 0.15) is 40.5 Å². The van der Waals surface area contributed by atoms with Gasteiger partial charge in [-0.3, -0.25) is 4.79 Å². The molecule has 86 valence electrons. The third-order valence-electron chi connectivity index (χ3n) is 2.92. The van der Waals surface area contributed by atoms with Crippen LogP contribution in [-0.2, 0) is 9.53 Å². The lowest BCUT2D eigenvalue weighted by atomic mass is 9.91. The summed E-state index contributed by atoms with van der Waals surface area (Å²) < 4.78 is 6.30. The molecule has 0 spiro atoms. The van der Waals surface area contributed by atoms with Crippen LogP contribution in [0.25, 0.3) is 0 Å². The summed E-state index contributed by atoms with van der Waals surface area (Å²) in [6.07, 6.45) is 1.58. The summed E-state index contributed by atoms with van der Waals surface area (Å²) in [5.74, 6) is 1.42. The molecule has 1 heterocycles. The number of carbonyl (C=O) groups is 1. The molecule has 0 amide bonds. The quantitative estimate of drug-likeness (QED) is 0.585. The monoisotopic (exact) mass is 322 g/mol. The Bertz CT molecular complexity index is 281. The molecule has 0 bridgehead atoms. The van der Waals surface area contributed by atoms with E-state index in [2.05, 4.69) is 36.4 Å². The number of carbonyl (C=O) groups excluding carboxylic acids is 1. The smallest absolute Gasteiger partial charge is 0.162 e. The van der Waals surface area contributed by atoms with Crippen LogP contribution in [0.5, 0.6) is 0 Å². The van der Waals surface area contributed by atoms with Gasteiger partial charge in [0.1, 0.15) is 11.9 Å². The lowest BCUT2D eigenvalue weighted by Gasteiger charge is -2.19. The normalized spacial score (nSPS) is 27.8. The topological polar surface area (TPSA) is 26.3 Å². The highest BCUT2D eigenvalue weighted by atomic mass is 127. The third-order valence-corrected chi connectivity index (χ3v) is 3.63. The number of hydrogen-bond acceptors (Lipinski definition) is 2. The summed E-state index contributed by atoms with van der Waals surface area (Å²) in [6, 6.07) is 0. The number of rotatable bonds is 4. The molecule has 0 saturated heterocycles. The van der Waals surface area contributed by atoms with Gasteiger partial charge in [0.25, 0.3) is 0 Å². The van der Waals surface area contributed by atoms with Gasteiger partial charge in [-0.1, -0.05) is 43.4 Å². The second-order valence-corrected chi connectivity index (χ2v) is 5.98. The van der Waals surface area contributed by atoms with Crippen LogP contribution < -0.4 is 0 Å². The molecule has 0 N–H and O–H groups in total. The zero-order valence-electron chi connectivity index (χ0n) is 9.84. The molecule has 3 heteroatoms. The van der Waals surface area contributed by atoms with Crippen LogP contribution in [0.15, 0.2) is 11.3 Å². The van der Waals surface area contributed by atoms with E-state index in [4.69, 9.17) is 4.74 Å². The molecular weight excluding hydrogens is 303 g/mol. The molecule has 1 aliphatic rings. The van der Waals surface area contributed by atoms with E-state index in [9.17, 15) is 4.79 Å². The van der Waals surface area contributed by atoms with Crippen LogP contribution in [0.3, 0.4) is 0 Å². The summed E-state index contributed by atoms with van der Waals surface area (Å²) in [6.45, 7) is 8.20. The standard InChI is InChI=1S/C12H19IO2/c1-5-9(14)11-7(3)12(8(4)13)15-10(11)6-2/h7-8,12H,5-6H2,1-4H3/t7-,8-,12+/m1/s1. The van der Waals surface area contributed by atoms with Crippen molar-refractivity contribution >= 4 is 28.4 Å². The second-order valence-electron chi connectivity index (χ2n) is 4.02. The molecule has 0 aromatic rings. The van der Waals surface area contributed by atoms with Crippen molar-refractivity contribution in [2.75, 3.05) is 0 Å². The Kier molecular flexibility index (Phi) is 4.62. The summed E-state index contributed by atoms with van der Waals surface area (Å²) in [5, 5.41) is 0. The second kappa shape index (κ2) is 5.32. The maximum absolute atomic E-state index is 11.8. The van der Waals surface area contributed by atoms with E-state index in [0.29, 0.717) is 10.3 Å². The largest absolute Gasteiger partial charge is 0.493 e. The van der Waals surface area contributed by atoms with Crippen molar-refractivity contribution in [1.82, 2.24) is 0 Å². The van der Waals surface area contributed by atoms with Crippen LogP contribution in [-0.4, -0.2) is 15.8 Å². The minimum atomic E-state index is 0.172. The molecule has 0 fully saturated rings. The van der Waals surface area contributed by atoms with Gasteiger partial charge < -0.3 is 4.74 Å². The average molecular weight is 322 g/mol. The van der Waals surface area contributed by atoms with E-state index < -0.39 is 0 Å². The average Bonchev–Trinajstić information content (AvgIpc) is 2.54. The highest BCUT2D eigenvalue weighted by Gasteiger charge is 2.37. The number of ketones is 1. The Labute approximate surface area is 106 Å². The number of Topliss-reactive ketones (excluding diaryl/α,β-unsaturated/α-hetero) is 1. The van der Waals surface area contributed by atoms with E-state index in [1.165, 1.54) is 0 Å². The number of hydrogen-bond donors (Lipinski definition) is 0. The van der Waals surface area contributed by atoms with Crippen molar-refractivity contribution in [2.45, 2.75) is 50.6 Å². The number of ether oxygens (including phenoxy) is 1. The summed E-state index contributed by atoms with van der Waals surface area (Å²) in [5.41, 5.74) is 0.938. The highest BCUT2D eigenvalue weighted by molar-refractivity contribution is 14.1. The maximum atomic E-state index is 11.8. The Hall–Kier alpha value is -0.0600. The minimum absolute atomic E-state index is 0.172. The maximum Gasteiger partial charge on any atom is 0.162 e. The van der Waals surface area contributed by atoms with Crippen LogP contribution in [0.2, 0.25) is 0 Å². The minimum Gasteiger partial charge on any atom is -0.493 e. The van der Waals surface area contributed by atoms with Gasteiger partial charge in [0.05, 0.1) is 0 Å². The molecular formula is C12H19IO2. The molecule has 0 aromatic carbocycles. The Morgan fingerprint density at radius 3 is 2.53 bits per heavy atom. The van der Waals surface area contributed by atoms with E-state index in [1.807, 2.05) is 13.8 Å². The number of halogens is 1. The predicted octanol–water partition coefficient (Wildman–Crippen LogP) is 3.49. The van der Waals surface area contributed by atoms with Crippen molar-refractivity contribution in [2.24, 2.45) is 5.92 Å². The third kappa shape index (κ3) is 2.55. The molecule has 1 aliphatic heterocycles. The van der Waals surface area contributed by atoms with Gasteiger partial charge in [-0.05, 0) is 6.92 Å². The number of allylic oxidation sites excluding steroid dienone is 1. The first-order chi connectivity index (χ1) is 7.02. The Balaban J connectivity index is 2.94.